The van der Waals surface area contributed by atoms with Gasteiger partial charge in [0.2, 0.25) is 5.91 Å². The first-order valence-electron chi connectivity index (χ1n) is 9.44. The van der Waals surface area contributed by atoms with Crippen molar-refractivity contribution in [2.75, 3.05) is 33.3 Å². The number of hydrogen-bond acceptors (Lipinski definition) is 3. The lowest BCUT2D eigenvalue weighted by atomic mass is 9.78. The van der Waals surface area contributed by atoms with Crippen LogP contribution in [-0.4, -0.2) is 49.0 Å². The van der Waals surface area contributed by atoms with E-state index in [2.05, 4.69) is 4.90 Å². The van der Waals surface area contributed by atoms with Gasteiger partial charge >= 0.3 is 0 Å². The molecule has 1 aromatic carbocycles. The van der Waals surface area contributed by atoms with Gasteiger partial charge < -0.3 is 14.5 Å². The van der Waals surface area contributed by atoms with Crippen LogP contribution in [-0.2, 0) is 11.3 Å². The first-order valence-corrected chi connectivity index (χ1v) is 9.44. The van der Waals surface area contributed by atoms with Gasteiger partial charge in [-0.3, -0.25) is 4.79 Å². The smallest absolute Gasteiger partial charge is 0.230 e. The molecule has 1 saturated carbocycles. The number of carbonyl (C=O) groups is 1. The summed E-state index contributed by atoms with van der Waals surface area (Å²) in [5.74, 6) is 1.44. The van der Waals surface area contributed by atoms with E-state index in [0.29, 0.717) is 17.9 Å². The van der Waals surface area contributed by atoms with Crippen molar-refractivity contribution in [2.45, 2.75) is 38.6 Å². The molecule has 1 amide bonds. The third-order valence-electron chi connectivity index (χ3n) is 6.08. The molecule has 1 spiro atoms. The lowest BCUT2D eigenvalue weighted by Gasteiger charge is -2.39. The molecule has 0 N–H and O–H groups in total. The molecule has 1 aliphatic carbocycles. The van der Waals surface area contributed by atoms with Crippen LogP contribution in [0.25, 0.3) is 0 Å². The van der Waals surface area contributed by atoms with Crippen LogP contribution in [0, 0.1) is 17.2 Å². The molecule has 136 valence electrons. The number of methoxy groups -OCH3 is 1. The predicted molar refractivity (Wildman–Crippen MR) is 93.8 cm³/mol. The average Bonchev–Trinajstić information content (AvgIpc) is 3.33. The number of nitrogens with zero attached hydrogens (tertiary/aromatic N) is 2. The number of carbonyl (C=O) groups excluding carboxylic acids is 1. The molecular formula is C20H27FN2O2. The Hall–Kier alpha value is -1.62. The van der Waals surface area contributed by atoms with E-state index in [1.807, 2.05) is 4.90 Å². The molecule has 0 aromatic heterocycles. The quantitative estimate of drug-likeness (QED) is 0.821. The van der Waals surface area contributed by atoms with Crippen LogP contribution in [0.4, 0.5) is 4.39 Å². The van der Waals surface area contributed by atoms with Crippen molar-refractivity contribution in [3.8, 4) is 5.75 Å². The Morgan fingerprint density at radius 3 is 2.88 bits per heavy atom. The zero-order valence-electron chi connectivity index (χ0n) is 15.0. The van der Waals surface area contributed by atoms with Crippen LogP contribution >= 0.6 is 0 Å². The van der Waals surface area contributed by atoms with E-state index < -0.39 is 0 Å². The highest BCUT2D eigenvalue weighted by Crippen LogP contribution is 2.42. The number of hydrogen-bond donors (Lipinski definition) is 0. The Morgan fingerprint density at radius 1 is 1.28 bits per heavy atom. The standard InChI is InChI=1S/C20H27FN2O2/c1-25-17-5-6-18(21)16(11-17)13-23-9-2-7-20(19(23)24)8-10-22(14-20)12-15-3-4-15/h5-6,11,15H,2-4,7-10,12-14H2,1H3/t20-/m1/s1. The van der Waals surface area contributed by atoms with E-state index in [0.717, 1.165) is 51.4 Å². The van der Waals surface area contributed by atoms with Crippen LogP contribution in [0.5, 0.6) is 5.75 Å². The number of halogens is 1. The average molecular weight is 346 g/mol. The van der Waals surface area contributed by atoms with Crippen LogP contribution in [0.15, 0.2) is 18.2 Å². The number of ether oxygens (including phenoxy) is 1. The minimum absolute atomic E-state index is 0.222. The van der Waals surface area contributed by atoms with Gasteiger partial charge in [-0.15, -0.1) is 0 Å². The highest BCUT2D eigenvalue weighted by atomic mass is 19.1. The van der Waals surface area contributed by atoms with Gasteiger partial charge in [0.15, 0.2) is 0 Å². The lowest BCUT2D eigenvalue weighted by Crippen LogP contribution is -2.49. The highest BCUT2D eigenvalue weighted by molar-refractivity contribution is 5.84. The van der Waals surface area contributed by atoms with Gasteiger partial charge in [-0.05, 0) is 62.8 Å². The molecule has 2 aliphatic heterocycles. The second-order valence-electron chi connectivity index (χ2n) is 8.00. The van der Waals surface area contributed by atoms with Gasteiger partial charge in [-0.25, -0.2) is 4.39 Å². The maximum Gasteiger partial charge on any atom is 0.230 e. The van der Waals surface area contributed by atoms with E-state index in [1.54, 1.807) is 19.2 Å². The molecule has 1 aromatic rings. The second-order valence-corrected chi connectivity index (χ2v) is 8.00. The molecule has 1 atom stereocenters. The molecule has 3 aliphatic rings. The molecule has 4 rings (SSSR count). The molecule has 2 saturated heterocycles. The Morgan fingerprint density at radius 2 is 2.12 bits per heavy atom. The first kappa shape index (κ1) is 16.8. The number of rotatable bonds is 5. The van der Waals surface area contributed by atoms with Crippen molar-refractivity contribution in [3.05, 3.63) is 29.6 Å². The van der Waals surface area contributed by atoms with Gasteiger partial charge in [0, 0.05) is 31.7 Å². The number of amides is 1. The van der Waals surface area contributed by atoms with Crippen molar-refractivity contribution >= 4 is 5.91 Å². The van der Waals surface area contributed by atoms with E-state index in [4.69, 9.17) is 4.74 Å². The predicted octanol–water partition coefficient (Wildman–Crippen LogP) is 3.06. The topological polar surface area (TPSA) is 32.8 Å². The molecular weight excluding hydrogens is 319 g/mol. The van der Waals surface area contributed by atoms with Crippen LogP contribution < -0.4 is 4.74 Å². The highest BCUT2D eigenvalue weighted by Gasteiger charge is 2.48. The summed E-state index contributed by atoms with van der Waals surface area (Å²) in [6.45, 7) is 4.13. The van der Waals surface area contributed by atoms with Crippen molar-refractivity contribution < 1.29 is 13.9 Å². The van der Waals surface area contributed by atoms with Crippen LogP contribution in [0.3, 0.4) is 0 Å². The summed E-state index contributed by atoms with van der Waals surface area (Å²) in [6, 6.07) is 4.74. The van der Waals surface area contributed by atoms with Crippen LogP contribution in [0.1, 0.15) is 37.7 Å². The minimum Gasteiger partial charge on any atom is -0.497 e. The summed E-state index contributed by atoms with van der Waals surface area (Å²) in [4.78, 5) is 17.6. The lowest BCUT2D eigenvalue weighted by molar-refractivity contribution is -0.146. The Bertz CT molecular complexity index is 661. The largest absolute Gasteiger partial charge is 0.497 e. The summed E-state index contributed by atoms with van der Waals surface area (Å²) < 4.78 is 19.4. The van der Waals surface area contributed by atoms with Crippen molar-refractivity contribution in [1.29, 1.82) is 0 Å². The molecule has 0 unspecified atom stereocenters. The summed E-state index contributed by atoms with van der Waals surface area (Å²) in [5, 5.41) is 0. The summed E-state index contributed by atoms with van der Waals surface area (Å²) in [7, 11) is 1.57. The second kappa shape index (κ2) is 6.60. The fourth-order valence-corrected chi connectivity index (χ4v) is 4.47. The number of benzene rings is 1. The molecule has 25 heavy (non-hydrogen) atoms. The number of piperidine rings is 1. The van der Waals surface area contributed by atoms with Gasteiger partial charge in [0.05, 0.1) is 12.5 Å². The Labute approximate surface area is 148 Å². The first-order chi connectivity index (χ1) is 12.1. The summed E-state index contributed by atoms with van der Waals surface area (Å²) in [5.41, 5.74) is 0.306. The molecule has 0 radical (unpaired) electrons. The van der Waals surface area contributed by atoms with E-state index >= 15 is 0 Å². The summed E-state index contributed by atoms with van der Waals surface area (Å²) in [6.07, 6.45) is 5.63. The molecule has 3 fully saturated rings. The normalized spacial score (nSPS) is 27.3. The van der Waals surface area contributed by atoms with E-state index in [9.17, 15) is 9.18 Å². The zero-order valence-corrected chi connectivity index (χ0v) is 15.0. The Balaban J connectivity index is 1.47. The molecule has 4 nitrogen and oxygen atoms in total. The van der Waals surface area contributed by atoms with E-state index in [1.165, 1.54) is 18.9 Å². The maximum atomic E-state index is 14.2. The molecule has 5 heteroatoms. The van der Waals surface area contributed by atoms with Crippen LogP contribution in [0.2, 0.25) is 0 Å². The fourth-order valence-electron chi connectivity index (χ4n) is 4.47. The van der Waals surface area contributed by atoms with E-state index in [-0.39, 0.29) is 17.1 Å². The third kappa shape index (κ3) is 3.39. The number of likely N-dealkylation sites (tertiary alicyclic amines) is 2. The zero-order chi connectivity index (χ0) is 17.4. The summed E-state index contributed by atoms with van der Waals surface area (Å²) >= 11 is 0. The molecule has 2 heterocycles. The van der Waals surface area contributed by atoms with Gasteiger partial charge in [-0.1, -0.05) is 0 Å². The van der Waals surface area contributed by atoms with Gasteiger partial charge in [0.25, 0.3) is 0 Å². The monoisotopic (exact) mass is 346 g/mol. The maximum absolute atomic E-state index is 14.2. The van der Waals surface area contributed by atoms with Crippen molar-refractivity contribution in [1.82, 2.24) is 9.80 Å². The Kier molecular flexibility index (Phi) is 4.44. The van der Waals surface area contributed by atoms with Crippen molar-refractivity contribution in [3.63, 3.8) is 0 Å². The van der Waals surface area contributed by atoms with Crippen molar-refractivity contribution in [2.24, 2.45) is 11.3 Å². The third-order valence-corrected chi connectivity index (χ3v) is 6.08. The van der Waals surface area contributed by atoms with Gasteiger partial charge in [0.1, 0.15) is 11.6 Å². The van der Waals surface area contributed by atoms with Gasteiger partial charge in [-0.2, -0.15) is 0 Å². The molecule has 0 bridgehead atoms. The SMILES string of the molecule is COc1ccc(F)c(CN2CCC[C@]3(CCN(CC4CC4)C3)C2=O)c1. The minimum atomic E-state index is -0.269. The fraction of sp³-hybridized carbons (Fsp3) is 0.650.